The van der Waals surface area contributed by atoms with Crippen molar-refractivity contribution in [2.75, 3.05) is 64.6 Å². The van der Waals surface area contributed by atoms with Gasteiger partial charge in [-0.1, -0.05) is 11.8 Å². The summed E-state index contributed by atoms with van der Waals surface area (Å²) in [6.07, 6.45) is 6.30. The van der Waals surface area contributed by atoms with Crippen molar-refractivity contribution in [3.8, 4) is 0 Å². The van der Waals surface area contributed by atoms with Crippen LogP contribution >= 0.6 is 11.8 Å². The summed E-state index contributed by atoms with van der Waals surface area (Å²) >= 11 is 1.56. The lowest BCUT2D eigenvalue weighted by atomic mass is 9.86. The molecule has 3 heterocycles. The zero-order chi connectivity index (χ0) is 18.6. The highest BCUT2D eigenvalue weighted by Crippen LogP contribution is 2.33. The predicted octanol–water partition coefficient (Wildman–Crippen LogP) is 1.35. The van der Waals surface area contributed by atoms with Crippen LogP contribution < -0.4 is 4.90 Å². The van der Waals surface area contributed by atoms with Gasteiger partial charge in [0.05, 0.1) is 6.61 Å². The van der Waals surface area contributed by atoms with Crippen LogP contribution in [0.4, 0.5) is 5.82 Å². The van der Waals surface area contributed by atoms with Gasteiger partial charge < -0.3 is 14.5 Å². The van der Waals surface area contributed by atoms with Crippen LogP contribution in [0.25, 0.3) is 0 Å². The minimum atomic E-state index is 0.0141. The highest BCUT2D eigenvalue weighted by atomic mass is 32.2. The van der Waals surface area contributed by atoms with E-state index in [2.05, 4.69) is 26.8 Å². The van der Waals surface area contributed by atoms with Gasteiger partial charge in [0.15, 0.2) is 5.16 Å². The van der Waals surface area contributed by atoms with Crippen molar-refractivity contribution in [3.05, 3.63) is 12.3 Å². The number of thioether (sulfide) groups is 1. The number of carbonyl (C=O) groups is 1. The first kappa shape index (κ1) is 19.4. The summed E-state index contributed by atoms with van der Waals surface area (Å²) in [5.74, 6) is 1.24. The second kappa shape index (κ2) is 8.54. The van der Waals surface area contributed by atoms with E-state index in [0.29, 0.717) is 19.6 Å². The maximum Gasteiger partial charge on any atom is 0.222 e. The molecular weight excluding hydrogens is 350 g/mol. The standard InChI is InChI=1S/C18H29N5O2S/c1-21-10-11-23(15-5-8-19-17(20-15)26-3)14-18(21)6-4-16(24)22(9-7-18)12-13-25-2/h5,8H,4,6-7,9-14H2,1-3H3/t18-/m0/s1. The number of carbonyl (C=O) groups excluding carboxylic acids is 1. The molecule has 1 amide bonds. The molecule has 0 bridgehead atoms. The SMILES string of the molecule is COCCN1CC[C@@]2(CCC1=O)CN(c1ccnc(SC)n1)CCN2C. The van der Waals surface area contributed by atoms with Crippen LogP contribution in [0.5, 0.6) is 0 Å². The van der Waals surface area contributed by atoms with Crippen molar-refractivity contribution in [1.29, 1.82) is 0 Å². The number of amides is 1. The summed E-state index contributed by atoms with van der Waals surface area (Å²) in [5.41, 5.74) is 0.0141. The molecule has 1 aromatic rings. The van der Waals surface area contributed by atoms with Crippen molar-refractivity contribution in [2.24, 2.45) is 0 Å². The molecule has 0 unspecified atom stereocenters. The molecule has 1 aromatic heterocycles. The molecule has 1 atom stereocenters. The lowest BCUT2D eigenvalue weighted by molar-refractivity contribution is -0.131. The van der Waals surface area contributed by atoms with E-state index in [1.165, 1.54) is 0 Å². The van der Waals surface area contributed by atoms with Gasteiger partial charge in [-0.05, 0) is 32.2 Å². The number of nitrogens with zero attached hydrogens (tertiary/aromatic N) is 5. The van der Waals surface area contributed by atoms with Gasteiger partial charge in [-0.25, -0.2) is 9.97 Å². The Balaban J connectivity index is 1.75. The molecule has 0 aromatic carbocycles. The summed E-state index contributed by atoms with van der Waals surface area (Å²) in [7, 11) is 3.88. The van der Waals surface area contributed by atoms with Crippen LogP contribution in [0.2, 0.25) is 0 Å². The fourth-order valence-electron chi connectivity index (χ4n) is 3.93. The maximum atomic E-state index is 12.5. The Bertz CT molecular complexity index is 631. The van der Waals surface area contributed by atoms with Gasteiger partial charge in [-0.3, -0.25) is 9.69 Å². The second-order valence-corrected chi connectivity index (χ2v) is 7.87. The third kappa shape index (κ3) is 4.13. The summed E-state index contributed by atoms with van der Waals surface area (Å²) < 4.78 is 5.16. The van der Waals surface area contributed by atoms with Crippen LogP contribution in [0.15, 0.2) is 17.4 Å². The van der Waals surface area contributed by atoms with Gasteiger partial charge in [0, 0.05) is 58.0 Å². The van der Waals surface area contributed by atoms with Gasteiger partial charge in [0.25, 0.3) is 0 Å². The molecule has 0 radical (unpaired) electrons. The monoisotopic (exact) mass is 379 g/mol. The molecule has 0 aliphatic carbocycles. The largest absolute Gasteiger partial charge is 0.383 e. The smallest absolute Gasteiger partial charge is 0.222 e. The molecule has 2 aliphatic rings. The topological polar surface area (TPSA) is 61.8 Å². The van der Waals surface area contributed by atoms with Crippen LogP contribution in [-0.2, 0) is 9.53 Å². The molecule has 144 valence electrons. The molecule has 0 N–H and O–H groups in total. The van der Waals surface area contributed by atoms with E-state index in [4.69, 9.17) is 4.74 Å². The number of piperazine rings is 1. The number of methoxy groups -OCH3 is 1. The molecule has 2 saturated heterocycles. The highest BCUT2D eigenvalue weighted by Gasteiger charge is 2.42. The number of likely N-dealkylation sites (tertiary alicyclic amines) is 1. The minimum Gasteiger partial charge on any atom is -0.383 e. The number of ether oxygens (including phenoxy) is 1. The molecule has 1 spiro atoms. The van der Waals surface area contributed by atoms with Crippen LogP contribution in [-0.4, -0.2) is 91.0 Å². The fraction of sp³-hybridized carbons (Fsp3) is 0.722. The van der Waals surface area contributed by atoms with Gasteiger partial charge in [-0.2, -0.15) is 0 Å². The summed E-state index contributed by atoms with van der Waals surface area (Å²) in [6, 6.07) is 1.99. The molecule has 2 aliphatic heterocycles. The zero-order valence-corrected chi connectivity index (χ0v) is 16.8. The molecule has 7 nitrogen and oxygen atoms in total. The minimum absolute atomic E-state index is 0.0141. The Kier molecular flexibility index (Phi) is 6.37. The molecule has 0 saturated carbocycles. The predicted molar refractivity (Wildman–Crippen MR) is 104 cm³/mol. The number of anilines is 1. The second-order valence-electron chi connectivity index (χ2n) is 7.09. The van der Waals surface area contributed by atoms with Gasteiger partial charge >= 0.3 is 0 Å². The molecule has 8 heteroatoms. The third-order valence-corrected chi connectivity index (χ3v) is 6.26. The number of rotatable bonds is 5. The Morgan fingerprint density at radius 3 is 2.92 bits per heavy atom. The maximum absolute atomic E-state index is 12.5. The van der Waals surface area contributed by atoms with Gasteiger partial charge in [0.2, 0.25) is 5.91 Å². The highest BCUT2D eigenvalue weighted by molar-refractivity contribution is 7.98. The number of likely N-dealkylation sites (N-methyl/N-ethyl adjacent to an activating group) is 1. The lowest BCUT2D eigenvalue weighted by Gasteiger charge is -2.49. The fourth-order valence-corrected chi connectivity index (χ4v) is 4.28. The summed E-state index contributed by atoms with van der Waals surface area (Å²) in [5, 5.41) is 0.803. The van der Waals surface area contributed by atoms with E-state index >= 15 is 0 Å². The molecule has 3 rings (SSSR count). The van der Waals surface area contributed by atoms with Crippen molar-refractivity contribution in [3.63, 3.8) is 0 Å². The molecule has 26 heavy (non-hydrogen) atoms. The Morgan fingerprint density at radius 2 is 2.15 bits per heavy atom. The first-order chi connectivity index (χ1) is 12.6. The van der Waals surface area contributed by atoms with Crippen molar-refractivity contribution >= 4 is 23.5 Å². The van der Waals surface area contributed by atoms with E-state index in [-0.39, 0.29) is 11.4 Å². The van der Waals surface area contributed by atoms with Crippen LogP contribution in [0.1, 0.15) is 19.3 Å². The summed E-state index contributed by atoms with van der Waals surface area (Å²) in [4.78, 5) is 28.2. The van der Waals surface area contributed by atoms with E-state index in [0.717, 1.165) is 50.0 Å². The van der Waals surface area contributed by atoms with E-state index in [1.807, 2.05) is 23.4 Å². The number of hydrogen-bond donors (Lipinski definition) is 0. The quantitative estimate of drug-likeness (QED) is 0.565. The van der Waals surface area contributed by atoms with E-state index < -0.39 is 0 Å². The van der Waals surface area contributed by atoms with Gasteiger partial charge in [-0.15, -0.1) is 0 Å². The molecular formula is C18H29N5O2S. The third-order valence-electron chi connectivity index (χ3n) is 5.69. The van der Waals surface area contributed by atoms with Crippen molar-refractivity contribution in [2.45, 2.75) is 30.0 Å². The Hall–Kier alpha value is -1.38. The van der Waals surface area contributed by atoms with E-state index in [9.17, 15) is 4.79 Å². The first-order valence-corrected chi connectivity index (χ1v) is 10.4. The van der Waals surface area contributed by atoms with E-state index in [1.54, 1.807) is 18.9 Å². The van der Waals surface area contributed by atoms with Crippen LogP contribution in [0.3, 0.4) is 0 Å². The Morgan fingerprint density at radius 1 is 1.31 bits per heavy atom. The average molecular weight is 380 g/mol. The van der Waals surface area contributed by atoms with Gasteiger partial charge in [0.1, 0.15) is 5.82 Å². The summed E-state index contributed by atoms with van der Waals surface area (Å²) in [6.45, 7) is 4.90. The number of hydrogen-bond acceptors (Lipinski definition) is 7. The van der Waals surface area contributed by atoms with Crippen molar-refractivity contribution < 1.29 is 9.53 Å². The average Bonchev–Trinajstić information content (AvgIpc) is 2.82. The normalized spacial score (nSPS) is 25.0. The Labute approximate surface area is 160 Å². The van der Waals surface area contributed by atoms with Crippen molar-refractivity contribution in [1.82, 2.24) is 19.8 Å². The molecule has 2 fully saturated rings. The lowest BCUT2D eigenvalue weighted by Crippen LogP contribution is -2.61. The first-order valence-electron chi connectivity index (χ1n) is 9.18. The zero-order valence-electron chi connectivity index (χ0n) is 16.0. The van der Waals surface area contributed by atoms with Crippen LogP contribution in [0, 0.1) is 0 Å². The number of aromatic nitrogens is 2.